The zero-order valence-electron chi connectivity index (χ0n) is 16.6. The van der Waals surface area contributed by atoms with Crippen LogP contribution >= 0.6 is 0 Å². The van der Waals surface area contributed by atoms with Crippen LogP contribution in [0.5, 0.6) is 0 Å². The standard InChI is InChI=1S/C19H18F3N7O3/c20-12-7-11(8-13(21)9-12)15-1-2-24-29(15)19(31)28-5-3-27(4-6-28)18-23-10-14(22)16(25-18)17(30)26-32/h2,7-10,15,32H,1,3-6H2,(H,26,30). The number of aromatic nitrogens is 2. The Hall–Kier alpha value is -3.74. The van der Waals surface area contributed by atoms with Gasteiger partial charge >= 0.3 is 6.03 Å². The average Bonchev–Trinajstić information content (AvgIpc) is 3.28. The van der Waals surface area contributed by atoms with Crippen molar-refractivity contribution in [3.05, 3.63) is 53.1 Å². The number of amides is 3. The fourth-order valence-electron chi connectivity index (χ4n) is 3.61. The Balaban J connectivity index is 1.43. The van der Waals surface area contributed by atoms with E-state index in [1.54, 1.807) is 4.90 Å². The average molecular weight is 449 g/mol. The van der Waals surface area contributed by atoms with E-state index in [2.05, 4.69) is 15.1 Å². The second kappa shape index (κ2) is 8.78. The fourth-order valence-corrected chi connectivity index (χ4v) is 3.61. The number of carbonyl (C=O) groups is 2. The second-order valence-corrected chi connectivity index (χ2v) is 7.16. The Kier molecular flexibility index (Phi) is 5.90. The highest BCUT2D eigenvalue weighted by atomic mass is 19.1. The van der Waals surface area contributed by atoms with Gasteiger partial charge in [-0.25, -0.2) is 38.4 Å². The van der Waals surface area contributed by atoms with Crippen LogP contribution in [0.25, 0.3) is 0 Å². The van der Waals surface area contributed by atoms with E-state index < -0.39 is 41.1 Å². The summed E-state index contributed by atoms with van der Waals surface area (Å²) in [5.74, 6) is -3.49. The van der Waals surface area contributed by atoms with Crippen molar-refractivity contribution in [3.63, 3.8) is 0 Å². The molecule has 0 bridgehead atoms. The van der Waals surface area contributed by atoms with E-state index in [1.807, 2.05) is 0 Å². The minimum atomic E-state index is -1.10. The first kappa shape index (κ1) is 21.5. The van der Waals surface area contributed by atoms with Gasteiger partial charge in [0.2, 0.25) is 5.95 Å². The molecule has 3 heterocycles. The molecule has 1 unspecified atom stereocenters. The molecule has 0 radical (unpaired) electrons. The lowest BCUT2D eigenvalue weighted by Crippen LogP contribution is -2.52. The molecule has 4 rings (SSSR count). The molecule has 2 aromatic rings. The number of urea groups is 1. The smallest absolute Gasteiger partial charge is 0.337 e. The third-order valence-corrected chi connectivity index (χ3v) is 5.18. The van der Waals surface area contributed by atoms with E-state index in [9.17, 15) is 22.8 Å². The zero-order chi connectivity index (χ0) is 22.8. The van der Waals surface area contributed by atoms with E-state index in [1.165, 1.54) is 33.7 Å². The van der Waals surface area contributed by atoms with Gasteiger partial charge in [0.25, 0.3) is 5.91 Å². The van der Waals surface area contributed by atoms with Crippen molar-refractivity contribution >= 4 is 24.1 Å². The monoisotopic (exact) mass is 449 g/mol. The van der Waals surface area contributed by atoms with Gasteiger partial charge in [-0.05, 0) is 17.7 Å². The topological polar surface area (TPSA) is 114 Å². The third kappa shape index (κ3) is 4.19. The number of nitrogens with zero attached hydrogens (tertiary/aromatic N) is 6. The molecular weight excluding hydrogens is 431 g/mol. The van der Waals surface area contributed by atoms with Crippen LogP contribution in [0.1, 0.15) is 28.5 Å². The lowest BCUT2D eigenvalue weighted by Gasteiger charge is -2.37. The van der Waals surface area contributed by atoms with Gasteiger partial charge in [-0.2, -0.15) is 5.10 Å². The molecule has 32 heavy (non-hydrogen) atoms. The highest BCUT2D eigenvalue weighted by molar-refractivity contribution is 5.91. The van der Waals surface area contributed by atoms with Crippen LogP contribution in [0.15, 0.2) is 29.5 Å². The number of benzene rings is 1. The molecule has 1 aromatic heterocycles. The SMILES string of the molecule is O=C(NO)c1nc(N2CCN(C(=O)N3N=CCC3c3cc(F)cc(F)c3)CC2)ncc1F. The number of hydroxylamine groups is 1. The molecule has 1 aromatic carbocycles. The molecule has 1 fully saturated rings. The third-order valence-electron chi connectivity index (χ3n) is 5.18. The number of hydrogen-bond donors (Lipinski definition) is 2. The fraction of sp³-hybridized carbons (Fsp3) is 0.316. The molecule has 3 amide bonds. The minimum absolute atomic E-state index is 0.0735. The summed E-state index contributed by atoms with van der Waals surface area (Å²) in [5, 5.41) is 14.0. The van der Waals surface area contributed by atoms with Crippen molar-refractivity contribution in [3.8, 4) is 0 Å². The van der Waals surface area contributed by atoms with Gasteiger partial charge in [0.1, 0.15) is 11.6 Å². The van der Waals surface area contributed by atoms with Crippen LogP contribution < -0.4 is 10.4 Å². The number of carbonyl (C=O) groups excluding carboxylic acids is 2. The van der Waals surface area contributed by atoms with E-state index >= 15 is 0 Å². The van der Waals surface area contributed by atoms with E-state index in [4.69, 9.17) is 5.21 Å². The quantitative estimate of drug-likeness (QED) is 0.545. The zero-order valence-corrected chi connectivity index (χ0v) is 16.6. The maximum atomic E-state index is 13.7. The predicted molar refractivity (Wildman–Crippen MR) is 104 cm³/mol. The number of hydrogen-bond acceptors (Lipinski definition) is 7. The first-order valence-corrected chi connectivity index (χ1v) is 9.66. The molecule has 10 nitrogen and oxygen atoms in total. The molecule has 2 N–H and O–H groups in total. The second-order valence-electron chi connectivity index (χ2n) is 7.16. The summed E-state index contributed by atoms with van der Waals surface area (Å²) in [4.78, 5) is 35.4. The van der Waals surface area contributed by atoms with Crippen molar-refractivity contribution in [1.29, 1.82) is 0 Å². The summed E-state index contributed by atoms with van der Waals surface area (Å²) < 4.78 is 40.9. The Labute approximate surface area is 179 Å². The Morgan fingerprint density at radius 2 is 1.75 bits per heavy atom. The molecule has 2 aliphatic rings. The summed E-state index contributed by atoms with van der Waals surface area (Å²) in [6, 6.07) is 2.07. The van der Waals surface area contributed by atoms with Gasteiger partial charge in [-0.3, -0.25) is 10.0 Å². The summed E-state index contributed by atoms with van der Waals surface area (Å²) in [6.45, 7) is 1.07. The highest BCUT2D eigenvalue weighted by Gasteiger charge is 2.34. The maximum Gasteiger partial charge on any atom is 0.341 e. The molecule has 0 spiro atoms. The Bertz CT molecular complexity index is 1060. The van der Waals surface area contributed by atoms with Gasteiger partial charge in [-0.15, -0.1) is 0 Å². The largest absolute Gasteiger partial charge is 0.341 e. The van der Waals surface area contributed by atoms with E-state index in [-0.39, 0.29) is 32.1 Å². The maximum absolute atomic E-state index is 13.7. The molecule has 0 aliphatic carbocycles. The summed E-state index contributed by atoms with van der Waals surface area (Å²) in [7, 11) is 0. The van der Waals surface area contributed by atoms with Gasteiger partial charge in [-0.1, -0.05) is 0 Å². The van der Waals surface area contributed by atoms with Crippen LogP contribution in [0.4, 0.5) is 23.9 Å². The Morgan fingerprint density at radius 1 is 1.06 bits per heavy atom. The van der Waals surface area contributed by atoms with Gasteiger partial charge in [0, 0.05) is 44.9 Å². The van der Waals surface area contributed by atoms with Crippen molar-refractivity contribution in [1.82, 2.24) is 25.4 Å². The van der Waals surface area contributed by atoms with Crippen molar-refractivity contribution in [2.24, 2.45) is 5.10 Å². The van der Waals surface area contributed by atoms with Gasteiger partial charge in [0.15, 0.2) is 11.5 Å². The molecule has 1 atom stereocenters. The predicted octanol–water partition coefficient (Wildman–Crippen LogP) is 1.69. The number of nitrogens with one attached hydrogen (secondary N) is 1. The normalized spacial score (nSPS) is 18.2. The lowest BCUT2D eigenvalue weighted by molar-refractivity contribution is 0.0695. The summed E-state index contributed by atoms with van der Waals surface area (Å²) in [6.07, 6.45) is 2.67. The summed E-state index contributed by atoms with van der Waals surface area (Å²) in [5.41, 5.74) is 1.03. The van der Waals surface area contributed by atoms with Crippen LogP contribution in [0, 0.1) is 17.5 Å². The van der Waals surface area contributed by atoms with Gasteiger partial charge < -0.3 is 9.80 Å². The van der Waals surface area contributed by atoms with Crippen molar-refractivity contribution < 1.29 is 28.0 Å². The van der Waals surface area contributed by atoms with Crippen LogP contribution in [0.3, 0.4) is 0 Å². The van der Waals surface area contributed by atoms with Crippen LogP contribution in [0.2, 0.25) is 0 Å². The van der Waals surface area contributed by atoms with Crippen LogP contribution in [-0.4, -0.2) is 69.4 Å². The van der Waals surface area contributed by atoms with Crippen molar-refractivity contribution in [2.45, 2.75) is 12.5 Å². The molecule has 13 heteroatoms. The molecule has 168 valence electrons. The first-order valence-electron chi connectivity index (χ1n) is 9.66. The number of anilines is 1. The lowest BCUT2D eigenvalue weighted by atomic mass is 10.0. The number of rotatable bonds is 3. The van der Waals surface area contributed by atoms with E-state index in [0.717, 1.165) is 12.3 Å². The number of hydrazone groups is 1. The molecule has 1 saturated heterocycles. The number of piperazine rings is 1. The minimum Gasteiger partial charge on any atom is -0.337 e. The Morgan fingerprint density at radius 3 is 2.41 bits per heavy atom. The van der Waals surface area contributed by atoms with Crippen LogP contribution in [-0.2, 0) is 0 Å². The highest BCUT2D eigenvalue weighted by Crippen LogP contribution is 2.30. The van der Waals surface area contributed by atoms with Gasteiger partial charge in [0.05, 0.1) is 12.2 Å². The van der Waals surface area contributed by atoms with E-state index in [0.29, 0.717) is 12.0 Å². The molecular formula is C19H18F3N7O3. The van der Waals surface area contributed by atoms with Crippen molar-refractivity contribution in [2.75, 3.05) is 31.1 Å². The number of halogens is 3. The first-order chi connectivity index (χ1) is 15.4. The molecule has 2 aliphatic heterocycles. The summed E-state index contributed by atoms with van der Waals surface area (Å²) >= 11 is 0. The molecule has 0 saturated carbocycles.